The molecule has 0 saturated heterocycles. The molecule has 1 aliphatic carbocycles. The molecule has 3 nitrogen and oxygen atoms in total. The molecule has 1 aliphatic rings. The molecule has 0 aromatic rings. The molecule has 0 radical (unpaired) electrons. The summed E-state index contributed by atoms with van der Waals surface area (Å²) in [5, 5.41) is 2.20. The Hall–Kier alpha value is -0.850. The lowest BCUT2D eigenvalue weighted by molar-refractivity contribution is -0.136. The summed E-state index contributed by atoms with van der Waals surface area (Å²) in [7, 11) is 0. The zero-order chi connectivity index (χ0) is 11.7. The molecule has 1 amide bonds. The van der Waals surface area contributed by atoms with Gasteiger partial charge in [-0.1, -0.05) is 12.2 Å². The lowest BCUT2D eigenvalue weighted by Gasteiger charge is -2.14. The van der Waals surface area contributed by atoms with Gasteiger partial charge in [0.1, 0.15) is 0 Å². The Morgan fingerprint density at radius 3 is 2.33 bits per heavy atom. The van der Waals surface area contributed by atoms with Crippen LogP contribution in [0.25, 0.3) is 0 Å². The molecule has 86 valence electrons. The molecule has 7 heteroatoms. The number of thiocarbonyl (C=S) groups is 1. The molecular formula is C8H11F3N2OS. The number of halogens is 3. The maximum atomic E-state index is 11.8. The summed E-state index contributed by atoms with van der Waals surface area (Å²) < 4.78 is 35.3. The van der Waals surface area contributed by atoms with Crippen molar-refractivity contribution in [1.82, 2.24) is 5.32 Å². The van der Waals surface area contributed by atoms with Crippen LogP contribution >= 0.6 is 12.2 Å². The van der Waals surface area contributed by atoms with Crippen LogP contribution in [0.1, 0.15) is 19.3 Å². The number of nitrogens with two attached hydrogens (primary N) is 1. The third kappa shape index (κ3) is 3.05. The van der Waals surface area contributed by atoms with Gasteiger partial charge in [0.2, 0.25) is 5.91 Å². The molecule has 3 N–H and O–H groups in total. The minimum absolute atomic E-state index is 0.0620. The van der Waals surface area contributed by atoms with Crippen molar-refractivity contribution in [3.63, 3.8) is 0 Å². The zero-order valence-electron chi connectivity index (χ0n) is 7.86. The van der Waals surface area contributed by atoms with Gasteiger partial charge in [0, 0.05) is 6.54 Å². The minimum atomic E-state index is -4.26. The molecule has 1 saturated carbocycles. The van der Waals surface area contributed by atoms with E-state index in [1.807, 2.05) is 0 Å². The van der Waals surface area contributed by atoms with Crippen LogP contribution in [-0.2, 0) is 4.79 Å². The molecule has 0 aromatic heterocycles. The molecule has 0 spiro atoms. The van der Waals surface area contributed by atoms with Gasteiger partial charge in [0.25, 0.3) is 0 Å². The number of rotatable bonds is 4. The standard InChI is InChI=1S/C8H11F3N2OS/c9-8(10,11)3-4-13-6(14)7(1-2-7)5(12)15/h1-4H2,(H2,12,15)(H,13,14). The molecular weight excluding hydrogens is 229 g/mol. The Bertz CT molecular complexity index is 286. The SMILES string of the molecule is NC(=S)C1(C(=O)NCCC(F)(F)F)CC1. The van der Waals surface area contributed by atoms with Gasteiger partial charge in [-0.25, -0.2) is 0 Å². The molecule has 0 atom stereocenters. The summed E-state index contributed by atoms with van der Waals surface area (Å²) in [6.07, 6.45) is -4.24. The van der Waals surface area contributed by atoms with E-state index in [1.165, 1.54) is 0 Å². The fourth-order valence-corrected chi connectivity index (χ4v) is 1.49. The van der Waals surface area contributed by atoms with Crippen LogP contribution in [0.15, 0.2) is 0 Å². The van der Waals surface area contributed by atoms with Gasteiger partial charge in [0.15, 0.2) is 0 Å². The topological polar surface area (TPSA) is 55.1 Å². The van der Waals surface area contributed by atoms with E-state index in [0.29, 0.717) is 12.8 Å². The predicted octanol–water partition coefficient (Wildman–Crippen LogP) is 1.12. The van der Waals surface area contributed by atoms with Gasteiger partial charge in [-0.2, -0.15) is 13.2 Å². The second-order valence-electron chi connectivity index (χ2n) is 3.57. The van der Waals surface area contributed by atoms with E-state index < -0.39 is 30.5 Å². The Balaban J connectivity index is 2.35. The van der Waals surface area contributed by atoms with Gasteiger partial charge >= 0.3 is 6.18 Å². The van der Waals surface area contributed by atoms with Crippen LogP contribution in [-0.4, -0.2) is 23.6 Å². The maximum absolute atomic E-state index is 11.8. The van der Waals surface area contributed by atoms with Crippen molar-refractivity contribution in [2.24, 2.45) is 11.1 Å². The van der Waals surface area contributed by atoms with E-state index >= 15 is 0 Å². The van der Waals surface area contributed by atoms with Gasteiger partial charge < -0.3 is 11.1 Å². The first-order valence-corrected chi connectivity index (χ1v) is 4.84. The minimum Gasteiger partial charge on any atom is -0.392 e. The van der Waals surface area contributed by atoms with Crippen LogP contribution < -0.4 is 11.1 Å². The first kappa shape index (κ1) is 12.2. The molecule has 0 bridgehead atoms. The van der Waals surface area contributed by atoms with E-state index in [9.17, 15) is 18.0 Å². The Morgan fingerprint density at radius 1 is 1.47 bits per heavy atom. The van der Waals surface area contributed by atoms with Crippen LogP contribution in [0, 0.1) is 5.41 Å². The average Bonchev–Trinajstić information content (AvgIpc) is 2.80. The number of nitrogens with one attached hydrogen (secondary N) is 1. The third-order valence-electron chi connectivity index (χ3n) is 2.35. The van der Waals surface area contributed by atoms with Crippen LogP contribution in [0.5, 0.6) is 0 Å². The number of amides is 1. The Kier molecular flexibility index (Phi) is 3.22. The molecule has 15 heavy (non-hydrogen) atoms. The normalized spacial score (nSPS) is 18.3. The second kappa shape index (κ2) is 3.96. The Morgan fingerprint density at radius 2 is 2.00 bits per heavy atom. The van der Waals surface area contributed by atoms with Crippen molar-refractivity contribution < 1.29 is 18.0 Å². The second-order valence-corrected chi connectivity index (χ2v) is 4.01. The lowest BCUT2D eigenvalue weighted by Crippen LogP contribution is -2.40. The zero-order valence-corrected chi connectivity index (χ0v) is 8.67. The van der Waals surface area contributed by atoms with E-state index in [2.05, 4.69) is 17.5 Å². The van der Waals surface area contributed by atoms with Crippen LogP contribution in [0.3, 0.4) is 0 Å². The summed E-state index contributed by atoms with van der Waals surface area (Å²) in [4.78, 5) is 11.5. The monoisotopic (exact) mass is 240 g/mol. The number of hydrogen-bond acceptors (Lipinski definition) is 2. The van der Waals surface area contributed by atoms with Gasteiger partial charge in [-0.05, 0) is 12.8 Å². The first-order chi connectivity index (χ1) is 6.78. The molecule has 0 aromatic carbocycles. The van der Waals surface area contributed by atoms with Crippen molar-refractivity contribution >= 4 is 23.1 Å². The third-order valence-corrected chi connectivity index (χ3v) is 2.74. The smallest absolute Gasteiger partial charge is 0.390 e. The fourth-order valence-electron chi connectivity index (χ4n) is 1.20. The highest BCUT2D eigenvalue weighted by Crippen LogP contribution is 2.46. The number of hydrogen-bond donors (Lipinski definition) is 2. The molecule has 0 heterocycles. The van der Waals surface area contributed by atoms with Gasteiger partial charge in [0.05, 0.1) is 16.8 Å². The lowest BCUT2D eigenvalue weighted by atomic mass is 10.1. The quantitative estimate of drug-likeness (QED) is 0.724. The van der Waals surface area contributed by atoms with Crippen molar-refractivity contribution in [2.45, 2.75) is 25.4 Å². The van der Waals surface area contributed by atoms with E-state index in [4.69, 9.17) is 5.73 Å². The average molecular weight is 240 g/mol. The molecule has 1 rings (SSSR count). The first-order valence-electron chi connectivity index (χ1n) is 4.43. The largest absolute Gasteiger partial charge is 0.392 e. The number of alkyl halides is 3. The predicted molar refractivity (Wildman–Crippen MR) is 52.1 cm³/mol. The van der Waals surface area contributed by atoms with E-state index in [1.54, 1.807) is 0 Å². The van der Waals surface area contributed by atoms with Crippen molar-refractivity contribution in [1.29, 1.82) is 0 Å². The van der Waals surface area contributed by atoms with Crippen molar-refractivity contribution in [3.8, 4) is 0 Å². The summed E-state index contributed by atoms with van der Waals surface area (Å²) >= 11 is 4.69. The van der Waals surface area contributed by atoms with Crippen LogP contribution in [0.4, 0.5) is 13.2 Å². The van der Waals surface area contributed by atoms with Crippen molar-refractivity contribution in [2.75, 3.05) is 6.54 Å². The summed E-state index contributed by atoms with van der Waals surface area (Å²) in [6.45, 7) is -0.424. The van der Waals surface area contributed by atoms with Crippen LogP contribution in [0.2, 0.25) is 0 Å². The number of carbonyl (C=O) groups is 1. The molecule has 1 fully saturated rings. The highest BCUT2D eigenvalue weighted by atomic mass is 32.1. The van der Waals surface area contributed by atoms with E-state index in [0.717, 1.165) is 0 Å². The summed E-state index contributed by atoms with van der Waals surface area (Å²) in [5.74, 6) is -0.487. The summed E-state index contributed by atoms with van der Waals surface area (Å²) in [5.41, 5.74) is 4.47. The number of carbonyl (C=O) groups excluding carboxylic acids is 1. The van der Waals surface area contributed by atoms with E-state index in [-0.39, 0.29) is 4.99 Å². The maximum Gasteiger partial charge on any atom is 0.390 e. The Labute approximate surface area is 90.2 Å². The highest BCUT2D eigenvalue weighted by Gasteiger charge is 2.52. The van der Waals surface area contributed by atoms with Crippen molar-refractivity contribution in [3.05, 3.63) is 0 Å². The highest BCUT2D eigenvalue weighted by molar-refractivity contribution is 7.80. The fraction of sp³-hybridized carbons (Fsp3) is 0.750. The van der Waals surface area contributed by atoms with Gasteiger partial charge in [-0.15, -0.1) is 0 Å². The van der Waals surface area contributed by atoms with Gasteiger partial charge in [-0.3, -0.25) is 4.79 Å². The molecule has 0 unspecified atom stereocenters. The molecule has 0 aliphatic heterocycles. The summed E-state index contributed by atoms with van der Waals surface area (Å²) in [6, 6.07) is 0.